The van der Waals surface area contributed by atoms with Gasteiger partial charge in [-0.05, 0) is 30.9 Å². The summed E-state index contributed by atoms with van der Waals surface area (Å²) in [6.45, 7) is 2.04. The quantitative estimate of drug-likeness (QED) is 0.702. The average Bonchev–Trinajstić information content (AvgIpc) is 2.56. The van der Waals surface area contributed by atoms with Crippen LogP contribution in [0.4, 0.5) is 0 Å². The molecule has 1 aliphatic rings. The van der Waals surface area contributed by atoms with E-state index in [0.717, 1.165) is 12.0 Å². The van der Waals surface area contributed by atoms with E-state index in [1.54, 1.807) is 0 Å². The summed E-state index contributed by atoms with van der Waals surface area (Å²) in [5.41, 5.74) is 8.45. The lowest BCUT2D eigenvalue weighted by atomic mass is 9.93. The first-order chi connectivity index (χ1) is 7.08. The van der Waals surface area contributed by atoms with Gasteiger partial charge in [-0.1, -0.05) is 23.8 Å². The smallest absolute Gasteiger partial charge is 0.330 e. The standard InChI is InChI=1S/C12H15NO2/c1-8-3-4-10-9(7-8)5-6-12(10,13)11(14)15-2/h3-4,7H,5-6,13H2,1-2H3. The van der Waals surface area contributed by atoms with Gasteiger partial charge in [0.15, 0.2) is 0 Å². The topological polar surface area (TPSA) is 52.3 Å². The van der Waals surface area contributed by atoms with Gasteiger partial charge < -0.3 is 10.5 Å². The maximum atomic E-state index is 11.6. The van der Waals surface area contributed by atoms with Gasteiger partial charge in [0.2, 0.25) is 0 Å². The second kappa shape index (κ2) is 3.35. The molecular weight excluding hydrogens is 190 g/mol. The molecule has 0 aromatic heterocycles. The van der Waals surface area contributed by atoms with Gasteiger partial charge in [-0.25, -0.2) is 4.79 Å². The van der Waals surface area contributed by atoms with Crippen LogP contribution < -0.4 is 5.73 Å². The molecule has 0 amide bonds. The Morgan fingerprint density at radius 2 is 2.27 bits per heavy atom. The number of esters is 1. The van der Waals surface area contributed by atoms with E-state index in [9.17, 15) is 4.79 Å². The highest BCUT2D eigenvalue weighted by atomic mass is 16.5. The second-order valence-electron chi connectivity index (χ2n) is 4.12. The van der Waals surface area contributed by atoms with Crippen molar-refractivity contribution < 1.29 is 9.53 Å². The van der Waals surface area contributed by atoms with Crippen LogP contribution in [0.2, 0.25) is 0 Å². The monoisotopic (exact) mass is 205 g/mol. The van der Waals surface area contributed by atoms with Gasteiger partial charge in [0, 0.05) is 0 Å². The number of nitrogens with two attached hydrogens (primary N) is 1. The number of hydrogen-bond donors (Lipinski definition) is 1. The van der Waals surface area contributed by atoms with Crippen molar-refractivity contribution in [3.63, 3.8) is 0 Å². The number of fused-ring (bicyclic) bond motifs is 1. The summed E-state index contributed by atoms with van der Waals surface area (Å²) < 4.78 is 4.76. The molecule has 3 nitrogen and oxygen atoms in total. The summed E-state index contributed by atoms with van der Waals surface area (Å²) in [7, 11) is 1.38. The van der Waals surface area contributed by atoms with Gasteiger partial charge >= 0.3 is 5.97 Å². The van der Waals surface area contributed by atoms with Gasteiger partial charge in [0.1, 0.15) is 5.54 Å². The Hall–Kier alpha value is -1.35. The minimum atomic E-state index is -0.933. The number of rotatable bonds is 1. The number of aryl methyl sites for hydroxylation is 2. The van der Waals surface area contributed by atoms with Crippen molar-refractivity contribution in [2.75, 3.05) is 7.11 Å². The van der Waals surface area contributed by atoms with E-state index in [4.69, 9.17) is 10.5 Å². The van der Waals surface area contributed by atoms with E-state index in [1.165, 1.54) is 18.2 Å². The van der Waals surface area contributed by atoms with E-state index in [0.29, 0.717) is 6.42 Å². The third-order valence-electron chi connectivity index (χ3n) is 3.08. The predicted molar refractivity (Wildman–Crippen MR) is 57.4 cm³/mol. The molecule has 0 radical (unpaired) electrons. The zero-order valence-electron chi connectivity index (χ0n) is 9.04. The van der Waals surface area contributed by atoms with Crippen LogP contribution in [0.3, 0.4) is 0 Å². The Morgan fingerprint density at radius 1 is 1.53 bits per heavy atom. The first kappa shape index (κ1) is 10.2. The molecule has 1 aliphatic carbocycles. The fourth-order valence-electron chi connectivity index (χ4n) is 2.23. The molecule has 1 aromatic rings. The number of ether oxygens (including phenoxy) is 1. The van der Waals surface area contributed by atoms with Crippen molar-refractivity contribution in [1.29, 1.82) is 0 Å². The van der Waals surface area contributed by atoms with Crippen LogP contribution in [0, 0.1) is 6.92 Å². The number of methoxy groups -OCH3 is 1. The van der Waals surface area contributed by atoms with Crippen molar-refractivity contribution in [2.45, 2.75) is 25.3 Å². The largest absolute Gasteiger partial charge is 0.467 e. The molecule has 15 heavy (non-hydrogen) atoms. The molecular formula is C12H15NO2. The Morgan fingerprint density at radius 3 is 2.93 bits per heavy atom. The van der Waals surface area contributed by atoms with E-state index < -0.39 is 5.54 Å². The highest BCUT2D eigenvalue weighted by molar-refractivity contribution is 5.84. The fraction of sp³-hybridized carbons (Fsp3) is 0.417. The number of carbonyl (C=O) groups is 1. The molecule has 0 saturated carbocycles. The van der Waals surface area contributed by atoms with E-state index in [2.05, 4.69) is 6.07 Å². The maximum Gasteiger partial charge on any atom is 0.330 e. The minimum Gasteiger partial charge on any atom is -0.467 e. The molecule has 3 heteroatoms. The maximum absolute atomic E-state index is 11.6. The van der Waals surface area contributed by atoms with Crippen LogP contribution in [0.15, 0.2) is 18.2 Å². The van der Waals surface area contributed by atoms with Gasteiger partial charge in [0.05, 0.1) is 7.11 Å². The molecule has 1 unspecified atom stereocenters. The lowest BCUT2D eigenvalue weighted by molar-refractivity contribution is -0.147. The van der Waals surface area contributed by atoms with E-state index >= 15 is 0 Å². The predicted octanol–water partition coefficient (Wildman–Crippen LogP) is 1.27. The van der Waals surface area contributed by atoms with Crippen LogP contribution in [-0.2, 0) is 21.5 Å². The molecule has 0 bridgehead atoms. The minimum absolute atomic E-state index is 0.342. The lowest BCUT2D eigenvalue weighted by Crippen LogP contribution is -2.43. The van der Waals surface area contributed by atoms with Gasteiger partial charge in [0.25, 0.3) is 0 Å². The summed E-state index contributed by atoms with van der Waals surface area (Å²) in [6, 6.07) is 6.01. The van der Waals surface area contributed by atoms with Crippen molar-refractivity contribution in [2.24, 2.45) is 5.73 Å². The number of benzene rings is 1. The summed E-state index contributed by atoms with van der Waals surface area (Å²) in [6.07, 6.45) is 1.49. The fourth-order valence-corrected chi connectivity index (χ4v) is 2.23. The Labute approximate surface area is 89.2 Å². The van der Waals surface area contributed by atoms with Gasteiger partial charge in [-0.3, -0.25) is 0 Å². The highest BCUT2D eigenvalue weighted by Crippen LogP contribution is 2.36. The molecule has 0 aliphatic heterocycles. The first-order valence-corrected chi connectivity index (χ1v) is 5.05. The Balaban J connectivity index is 2.48. The highest BCUT2D eigenvalue weighted by Gasteiger charge is 2.42. The van der Waals surface area contributed by atoms with Crippen molar-refractivity contribution in [3.8, 4) is 0 Å². The van der Waals surface area contributed by atoms with Crippen LogP contribution in [0.1, 0.15) is 23.1 Å². The lowest BCUT2D eigenvalue weighted by Gasteiger charge is -2.21. The third-order valence-corrected chi connectivity index (χ3v) is 3.08. The molecule has 0 heterocycles. The van der Waals surface area contributed by atoms with Crippen molar-refractivity contribution >= 4 is 5.97 Å². The number of hydrogen-bond acceptors (Lipinski definition) is 3. The molecule has 1 aromatic carbocycles. The van der Waals surface area contributed by atoms with Crippen molar-refractivity contribution in [1.82, 2.24) is 0 Å². The van der Waals surface area contributed by atoms with Crippen LogP contribution in [0.5, 0.6) is 0 Å². The van der Waals surface area contributed by atoms with Crippen LogP contribution >= 0.6 is 0 Å². The summed E-state index contributed by atoms with van der Waals surface area (Å²) in [5, 5.41) is 0. The summed E-state index contributed by atoms with van der Waals surface area (Å²) in [5.74, 6) is -0.342. The van der Waals surface area contributed by atoms with Gasteiger partial charge in [-0.2, -0.15) is 0 Å². The van der Waals surface area contributed by atoms with E-state index in [1.807, 2.05) is 19.1 Å². The third kappa shape index (κ3) is 1.43. The second-order valence-corrected chi connectivity index (χ2v) is 4.12. The zero-order chi connectivity index (χ0) is 11.1. The van der Waals surface area contributed by atoms with Crippen LogP contribution in [-0.4, -0.2) is 13.1 Å². The van der Waals surface area contributed by atoms with Crippen molar-refractivity contribution in [3.05, 3.63) is 34.9 Å². The SMILES string of the molecule is COC(=O)C1(N)CCc2cc(C)ccc21. The number of carbonyl (C=O) groups excluding carboxylic acids is 1. The molecule has 0 saturated heterocycles. The molecule has 0 fully saturated rings. The Bertz CT molecular complexity index is 414. The van der Waals surface area contributed by atoms with E-state index in [-0.39, 0.29) is 5.97 Å². The van der Waals surface area contributed by atoms with Crippen LogP contribution in [0.25, 0.3) is 0 Å². The van der Waals surface area contributed by atoms with Gasteiger partial charge in [-0.15, -0.1) is 0 Å². The Kier molecular flexibility index (Phi) is 2.27. The average molecular weight is 205 g/mol. The molecule has 2 N–H and O–H groups in total. The molecule has 80 valence electrons. The molecule has 2 rings (SSSR count). The zero-order valence-corrected chi connectivity index (χ0v) is 9.04. The summed E-state index contributed by atoms with van der Waals surface area (Å²) in [4.78, 5) is 11.6. The first-order valence-electron chi connectivity index (χ1n) is 5.05. The molecule has 0 spiro atoms. The normalized spacial score (nSPS) is 23.7. The molecule has 1 atom stereocenters. The summed E-state index contributed by atoms with van der Waals surface area (Å²) >= 11 is 0.